The van der Waals surface area contributed by atoms with Crippen molar-refractivity contribution in [3.05, 3.63) is 83.9 Å². The molecule has 0 aliphatic rings. The molecule has 0 bridgehead atoms. The van der Waals surface area contributed by atoms with E-state index >= 15 is 0 Å². The average molecular weight is 238 g/mol. The monoisotopic (exact) mass is 238 g/mol. The molecule has 1 unspecified atom stereocenters. The highest BCUT2D eigenvalue weighted by Gasteiger charge is 2.10. The summed E-state index contributed by atoms with van der Waals surface area (Å²) in [5, 5.41) is 10.1. The van der Waals surface area contributed by atoms with Crippen molar-refractivity contribution in [1.82, 2.24) is 0 Å². The summed E-state index contributed by atoms with van der Waals surface area (Å²) in [5.41, 5.74) is 3.19. The van der Waals surface area contributed by atoms with Gasteiger partial charge < -0.3 is 5.11 Å². The number of aliphatic hydroxyl groups excluding tert-OH is 1. The molecule has 0 radical (unpaired) electrons. The Hall–Kier alpha value is -1.86. The molecule has 0 aliphatic heterocycles. The van der Waals surface area contributed by atoms with Gasteiger partial charge in [0.2, 0.25) is 0 Å². The van der Waals surface area contributed by atoms with Crippen LogP contribution in [0.4, 0.5) is 0 Å². The summed E-state index contributed by atoms with van der Waals surface area (Å²) in [4.78, 5) is 0. The molecule has 0 saturated carbocycles. The molecular formula is C17H18O. The fourth-order valence-corrected chi connectivity index (χ4v) is 1.96. The zero-order valence-corrected chi connectivity index (χ0v) is 10.4. The quantitative estimate of drug-likeness (QED) is 0.792. The molecule has 92 valence electrons. The molecule has 1 nitrogen and oxygen atoms in total. The molecule has 1 atom stereocenters. The van der Waals surface area contributed by atoms with Crippen molar-refractivity contribution in [2.24, 2.45) is 0 Å². The Balaban J connectivity index is 1.93. The maximum atomic E-state index is 10.1. The second-order valence-electron chi connectivity index (χ2n) is 4.53. The van der Waals surface area contributed by atoms with E-state index in [1.165, 1.54) is 5.56 Å². The normalized spacial score (nSPS) is 12.1. The Bertz CT molecular complexity index is 488. The second-order valence-corrected chi connectivity index (χ2v) is 4.53. The number of benzene rings is 2. The third-order valence-electron chi connectivity index (χ3n) is 3.02. The molecule has 0 spiro atoms. The fourth-order valence-electron chi connectivity index (χ4n) is 1.96. The Kier molecular flexibility index (Phi) is 4.32. The van der Waals surface area contributed by atoms with Gasteiger partial charge in [0.25, 0.3) is 0 Å². The summed E-state index contributed by atoms with van der Waals surface area (Å²) in [6.45, 7) is 4.00. The number of rotatable bonds is 5. The smallest absolute Gasteiger partial charge is 0.0791 e. The van der Waals surface area contributed by atoms with Crippen LogP contribution in [-0.2, 0) is 12.8 Å². The lowest BCUT2D eigenvalue weighted by Gasteiger charge is -2.14. The summed E-state index contributed by atoms with van der Waals surface area (Å²) in [7, 11) is 0. The van der Waals surface area contributed by atoms with E-state index < -0.39 is 6.10 Å². The number of hydrogen-bond donors (Lipinski definition) is 1. The minimum atomic E-state index is -0.479. The highest BCUT2D eigenvalue weighted by Crippen LogP contribution is 2.13. The van der Waals surface area contributed by atoms with Gasteiger partial charge in [-0.1, -0.05) is 67.2 Å². The van der Waals surface area contributed by atoms with Gasteiger partial charge in [0.05, 0.1) is 6.10 Å². The first-order valence-corrected chi connectivity index (χ1v) is 6.19. The lowest BCUT2D eigenvalue weighted by Crippen LogP contribution is -2.14. The van der Waals surface area contributed by atoms with Crippen molar-refractivity contribution in [3.8, 4) is 0 Å². The second kappa shape index (κ2) is 6.18. The maximum Gasteiger partial charge on any atom is 0.0791 e. The predicted octanol–water partition coefficient (Wildman–Crippen LogP) is 3.39. The van der Waals surface area contributed by atoms with Gasteiger partial charge in [-0.05, 0) is 23.1 Å². The topological polar surface area (TPSA) is 20.2 Å². The lowest BCUT2D eigenvalue weighted by molar-refractivity contribution is 0.209. The Morgan fingerprint density at radius 2 is 1.39 bits per heavy atom. The van der Waals surface area contributed by atoms with Crippen LogP contribution in [0.3, 0.4) is 0 Å². The first kappa shape index (κ1) is 12.6. The predicted molar refractivity (Wildman–Crippen MR) is 75.4 cm³/mol. The minimum absolute atomic E-state index is 0.479. The van der Waals surface area contributed by atoms with Crippen LogP contribution in [0.2, 0.25) is 0 Å². The molecule has 0 heterocycles. The molecule has 0 aromatic heterocycles. The fraction of sp³-hybridized carbons (Fsp3) is 0.176. The highest BCUT2D eigenvalue weighted by molar-refractivity contribution is 5.24. The molecule has 2 rings (SSSR count). The average Bonchev–Trinajstić information content (AvgIpc) is 2.41. The molecule has 2 aromatic rings. The van der Waals surface area contributed by atoms with Crippen molar-refractivity contribution in [1.29, 1.82) is 0 Å². The van der Waals surface area contributed by atoms with Crippen LogP contribution in [0, 0.1) is 0 Å². The third-order valence-corrected chi connectivity index (χ3v) is 3.02. The molecule has 0 amide bonds. The molecule has 2 aromatic carbocycles. The maximum absolute atomic E-state index is 10.1. The van der Waals surface area contributed by atoms with Gasteiger partial charge in [-0.25, -0.2) is 0 Å². The summed E-state index contributed by atoms with van der Waals surface area (Å²) in [6, 6.07) is 20.1. The third kappa shape index (κ3) is 3.57. The van der Waals surface area contributed by atoms with E-state index in [0.717, 1.165) is 17.6 Å². The molecule has 1 N–H and O–H groups in total. The summed E-state index contributed by atoms with van der Waals surface area (Å²) >= 11 is 0. The van der Waals surface area contributed by atoms with Crippen molar-refractivity contribution in [2.45, 2.75) is 18.9 Å². The largest absolute Gasteiger partial charge is 0.388 e. The first-order valence-electron chi connectivity index (χ1n) is 6.19. The standard InChI is InChI=1S/C17H18O/c1-14(12-15-8-4-2-5-9-15)17(18)13-16-10-6-3-7-11-16/h2-11,17-18H,1,12-13H2. The van der Waals surface area contributed by atoms with Crippen LogP contribution in [0.1, 0.15) is 11.1 Å². The zero-order valence-electron chi connectivity index (χ0n) is 10.4. The van der Waals surface area contributed by atoms with Crippen molar-refractivity contribution in [3.63, 3.8) is 0 Å². The molecule has 0 aliphatic carbocycles. The van der Waals surface area contributed by atoms with Gasteiger partial charge >= 0.3 is 0 Å². The van der Waals surface area contributed by atoms with Gasteiger partial charge in [0, 0.05) is 6.42 Å². The van der Waals surface area contributed by atoms with Crippen LogP contribution >= 0.6 is 0 Å². The number of hydrogen-bond acceptors (Lipinski definition) is 1. The minimum Gasteiger partial charge on any atom is -0.388 e. The SMILES string of the molecule is C=C(Cc1ccccc1)C(O)Cc1ccccc1. The summed E-state index contributed by atoms with van der Waals surface area (Å²) < 4.78 is 0. The van der Waals surface area contributed by atoms with E-state index in [1.807, 2.05) is 48.5 Å². The summed E-state index contributed by atoms with van der Waals surface area (Å²) in [5.74, 6) is 0. The highest BCUT2D eigenvalue weighted by atomic mass is 16.3. The van der Waals surface area contributed by atoms with Crippen LogP contribution < -0.4 is 0 Å². The van der Waals surface area contributed by atoms with Gasteiger partial charge in [-0.3, -0.25) is 0 Å². The van der Waals surface area contributed by atoms with E-state index in [9.17, 15) is 5.11 Å². The van der Waals surface area contributed by atoms with E-state index in [0.29, 0.717) is 6.42 Å². The molecule has 0 fully saturated rings. The van der Waals surface area contributed by atoms with Gasteiger partial charge in [-0.2, -0.15) is 0 Å². The first-order chi connectivity index (χ1) is 8.75. The molecule has 1 heteroatoms. The summed E-state index contributed by atoms with van der Waals surface area (Å²) in [6.07, 6.45) is 0.883. The van der Waals surface area contributed by atoms with E-state index in [-0.39, 0.29) is 0 Å². The Morgan fingerprint density at radius 1 is 0.889 bits per heavy atom. The number of aliphatic hydroxyl groups is 1. The van der Waals surface area contributed by atoms with Crippen LogP contribution in [-0.4, -0.2) is 11.2 Å². The molecule has 18 heavy (non-hydrogen) atoms. The van der Waals surface area contributed by atoms with Crippen molar-refractivity contribution in [2.75, 3.05) is 0 Å². The van der Waals surface area contributed by atoms with Crippen LogP contribution in [0.15, 0.2) is 72.8 Å². The zero-order chi connectivity index (χ0) is 12.8. The molecular weight excluding hydrogens is 220 g/mol. The molecule has 0 saturated heterocycles. The van der Waals surface area contributed by atoms with Gasteiger partial charge in [0.1, 0.15) is 0 Å². The Morgan fingerprint density at radius 3 is 1.94 bits per heavy atom. The van der Waals surface area contributed by atoms with Gasteiger partial charge in [0.15, 0.2) is 0 Å². The lowest BCUT2D eigenvalue weighted by atomic mass is 9.97. The van der Waals surface area contributed by atoms with Crippen LogP contribution in [0.5, 0.6) is 0 Å². The van der Waals surface area contributed by atoms with Crippen LogP contribution in [0.25, 0.3) is 0 Å². The van der Waals surface area contributed by atoms with Crippen molar-refractivity contribution >= 4 is 0 Å². The van der Waals surface area contributed by atoms with E-state index in [2.05, 4.69) is 18.7 Å². The van der Waals surface area contributed by atoms with E-state index in [4.69, 9.17) is 0 Å². The van der Waals surface area contributed by atoms with Crippen molar-refractivity contribution < 1.29 is 5.11 Å². The Labute approximate surface area is 108 Å². The van der Waals surface area contributed by atoms with E-state index in [1.54, 1.807) is 0 Å². The van der Waals surface area contributed by atoms with Gasteiger partial charge in [-0.15, -0.1) is 0 Å².